The van der Waals surface area contributed by atoms with E-state index in [-0.39, 0.29) is 16.7 Å². The number of aliphatic hydroxyl groups excluding tert-OH is 1. The van der Waals surface area contributed by atoms with Crippen molar-refractivity contribution >= 4 is 37.3 Å². The number of rotatable bonds is 11. The lowest BCUT2D eigenvalue weighted by molar-refractivity contribution is 0.233. The van der Waals surface area contributed by atoms with E-state index in [2.05, 4.69) is 27.6 Å². The average molecular weight is 476 g/mol. The third-order valence-corrected chi connectivity index (χ3v) is 8.07. The van der Waals surface area contributed by atoms with Crippen LogP contribution in [0.1, 0.15) is 44.1 Å². The van der Waals surface area contributed by atoms with E-state index in [0.29, 0.717) is 0 Å². The molecule has 1 heterocycles. The number of hydrogen-bond donors (Lipinski definition) is 2. The molecule has 2 aromatic rings. The van der Waals surface area contributed by atoms with Gasteiger partial charge in [-0.25, -0.2) is 13.1 Å². The van der Waals surface area contributed by atoms with E-state index < -0.39 is 16.1 Å². The maximum absolute atomic E-state index is 12.7. The Balaban J connectivity index is 2.26. The molecule has 27 heavy (non-hydrogen) atoms. The molecule has 0 saturated heterocycles. The summed E-state index contributed by atoms with van der Waals surface area (Å²) in [4.78, 5) is 0. The number of sulfonamides is 1. The molecular formula is C19H26BrNO4S2. The molecule has 0 spiro atoms. The number of methoxy groups -OCH3 is 1. The predicted molar refractivity (Wildman–Crippen MR) is 113 cm³/mol. The average Bonchev–Trinajstić information content (AvgIpc) is 3.11. The molecular weight excluding hydrogens is 450 g/mol. The Morgan fingerprint density at radius 2 is 1.89 bits per heavy atom. The topological polar surface area (TPSA) is 75.6 Å². The Morgan fingerprint density at radius 1 is 1.19 bits per heavy atom. The van der Waals surface area contributed by atoms with E-state index in [4.69, 9.17) is 4.74 Å². The second-order valence-corrected chi connectivity index (χ2v) is 10.7. The molecule has 1 aromatic carbocycles. The molecule has 8 heteroatoms. The van der Waals surface area contributed by atoms with Crippen molar-refractivity contribution in [2.45, 2.75) is 48.8 Å². The summed E-state index contributed by atoms with van der Waals surface area (Å²) < 4.78 is 34.4. The molecule has 0 aliphatic heterocycles. The molecule has 0 radical (unpaired) electrons. The van der Waals surface area contributed by atoms with Crippen molar-refractivity contribution in [3.63, 3.8) is 0 Å². The molecule has 1 aromatic heterocycles. The van der Waals surface area contributed by atoms with Crippen molar-refractivity contribution in [3.05, 3.63) is 45.7 Å². The fraction of sp³-hybridized carbons (Fsp3) is 0.474. The monoisotopic (exact) mass is 475 g/mol. The van der Waals surface area contributed by atoms with Gasteiger partial charge in [0.05, 0.1) is 23.5 Å². The number of halogens is 1. The summed E-state index contributed by atoms with van der Waals surface area (Å²) in [7, 11) is -2.08. The summed E-state index contributed by atoms with van der Waals surface area (Å²) in [6, 6.07) is 10.3. The van der Waals surface area contributed by atoms with Crippen LogP contribution in [0.25, 0.3) is 0 Å². The van der Waals surface area contributed by atoms with Crippen molar-refractivity contribution in [1.29, 1.82) is 0 Å². The minimum atomic E-state index is -3.69. The molecule has 0 unspecified atom stereocenters. The van der Waals surface area contributed by atoms with Gasteiger partial charge in [-0.2, -0.15) is 0 Å². The van der Waals surface area contributed by atoms with Crippen molar-refractivity contribution in [3.8, 4) is 5.75 Å². The molecule has 0 bridgehead atoms. The Kier molecular flexibility index (Phi) is 8.75. The molecule has 150 valence electrons. The number of ether oxygens (including phenoxy) is 1. The van der Waals surface area contributed by atoms with Crippen LogP contribution in [0.4, 0.5) is 0 Å². The Labute approximate surface area is 173 Å². The smallest absolute Gasteiger partial charge is 0.250 e. The molecule has 2 rings (SSSR count). The fourth-order valence-corrected chi connectivity index (χ4v) is 6.31. The van der Waals surface area contributed by atoms with Crippen LogP contribution in [0, 0.1) is 0 Å². The first-order chi connectivity index (χ1) is 12.9. The van der Waals surface area contributed by atoms with Crippen molar-refractivity contribution < 1.29 is 18.3 Å². The lowest BCUT2D eigenvalue weighted by Gasteiger charge is -2.27. The van der Waals surface area contributed by atoms with Gasteiger partial charge < -0.3 is 9.84 Å². The summed E-state index contributed by atoms with van der Waals surface area (Å²) in [6.45, 7) is 1.86. The zero-order chi connectivity index (χ0) is 19.9. The summed E-state index contributed by atoms with van der Waals surface area (Å²) in [5.41, 5.74) is 0.987. The van der Waals surface area contributed by atoms with Crippen LogP contribution in [0.5, 0.6) is 5.75 Å². The van der Waals surface area contributed by atoms with Gasteiger partial charge in [0.25, 0.3) is 0 Å². The van der Waals surface area contributed by atoms with Gasteiger partial charge in [-0.15, -0.1) is 11.3 Å². The van der Waals surface area contributed by atoms with Gasteiger partial charge >= 0.3 is 0 Å². The molecule has 2 atom stereocenters. The number of benzene rings is 1. The third kappa shape index (κ3) is 6.29. The lowest BCUT2D eigenvalue weighted by Crippen LogP contribution is -2.41. The predicted octanol–water partition coefficient (Wildman–Crippen LogP) is 4.52. The van der Waals surface area contributed by atoms with Crippen LogP contribution in [-0.4, -0.2) is 33.3 Å². The van der Waals surface area contributed by atoms with E-state index >= 15 is 0 Å². The SMILES string of the molecule is CCCCC[C@@H](c1ccc(OC)cc1)[C@H](CO)NS(=O)(=O)c1ccc(Br)s1. The first kappa shape index (κ1) is 22.4. The summed E-state index contributed by atoms with van der Waals surface area (Å²) in [6.07, 6.45) is 3.90. The second kappa shape index (κ2) is 10.6. The van der Waals surface area contributed by atoms with Crippen LogP contribution in [0.3, 0.4) is 0 Å². The van der Waals surface area contributed by atoms with Gasteiger partial charge in [0.2, 0.25) is 10.0 Å². The number of unbranched alkanes of at least 4 members (excludes halogenated alkanes) is 2. The fourth-order valence-electron chi connectivity index (χ4n) is 3.01. The summed E-state index contributed by atoms with van der Waals surface area (Å²) >= 11 is 4.44. The second-order valence-electron chi connectivity index (χ2n) is 6.34. The molecule has 0 saturated carbocycles. The van der Waals surface area contributed by atoms with Crippen LogP contribution in [0.2, 0.25) is 0 Å². The number of hydrogen-bond acceptors (Lipinski definition) is 5. The van der Waals surface area contributed by atoms with E-state index in [9.17, 15) is 13.5 Å². The lowest BCUT2D eigenvalue weighted by atomic mass is 9.87. The van der Waals surface area contributed by atoms with Crippen molar-refractivity contribution in [1.82, 2.24) is 4.72 Å². The Morgan fingerprint density at radius 3 is 2.41 bits per heavy atom. The quantitative estimate of drug-likeness (QED) is 0.468. The number of thiophene rings is 1. The summed E-state index contributed by atoms with van der Waals surface area (Å²) in [5.74, 6) is 0.626. The largest absolute Gasteiger partial charge is 0.497 e. The van der Waals surface area contributed by atoms with Gasteiger partial charge in [-0.1, -0.05) is 38.3 Å². The van der Waals surface area contributed by atoms with E-state index in [0.717, 1.165) is 52.1 Å². The zero-order valence-electron chi connectivity index (χ0n) is 15.5. The van der Waals surface area contributed by atoms with Gasteiger partial charge in [0, 0.05) is 5.92 Å². The molecule has 0 amide bonds. The molecule has 0 aliphatic carbocycles. The Hall–Kier alpha value is -0.930. The van der Waals surface area contributed by atoms with Gasteiger partial charge in [0.15, 0.2) is 0 Å². The minimum absolute atomic E-state index is 0.120. The van der Waals surface area contributed by atoms with Crippen molar-refractivity contribution in [2.75, 3.05) is 13.7 Å². The summed E-state index contributed by atoms with van der Waals surface area (Å²) in [5, 5.41) is 9.97. The molecule has 5 nitrogen and oxygen atoms in total. The van der Waals surface area contributed by atoms with Crippen LogP contribution in [-0.2, 0) is 10.0 Å². The minimum Gasteiger partial charge on any atom is -0.497 e. The first-order valence-corrected chi connectivity index (χ1v) is 12.0. The number of aliphatic hydroxyl groups is 1. The molecule has 0 aliphatic rings. The normalized spacial score (nSPS) is 14.1. The van der Waals surface area contributed by atoms with E-state index in [1.54, 1.807) is 19.2 Å². The standard InChI is InChI=1S/C19H26BrNO4S2/c1-3-4-5-6-16(14-7-9-15(25-2)10-8-14)17(13-22)21-27(23,24)19-12-11-18(20)26-19/h7-12,16-17,21-22H,3-6,13H2,1-2H3/t16-,17-/m0/s1. The van der Waals surface area contributed by atoms with Crippen LogP contribution < -0.4 is 9.46 Å². The highest BCUT2D eigenvalue weighted by Crippen LogP contribution is 2.30. The number of nitrogens with one attached hydrogen (secondary N) is 1. The van der Waals surface area contributed by atoms with Gasteiger partial charge in [0.1, 0.15) is 9.96 Å². The molecule has 2 N–H and O–H groups in total. The van der Waals surface area contributed by atoms with Crippen molar-refractivity contribution in [2.24, 2.45) is 0 Å². The Bertz CT molecular complexity index is 805. The highest BCUT2D eigenvalue weighted by molar-refractivity contribution is 9.11. The maximum Gasteiger partial charge on any atom is 0.250 e. The van der Waals surface area contributed by atoms with E-state index in [1.807, 2.05) is 24.3 Å². The van der Waals surface area contributed by atoms with Gasteiger partial charge in [-0.05, 0) is 52.2 Å². The highest BCUT2D eigenvalue weighted by Gasteiger charge is 2.28. The third-order valence-electron chi connectivity index (χ3n) is 4.46. The maximum atomic E-state index is 12.7. The zero-order valence-corrected chi connectivity index (χ0v) is 18.7. The van der Waals surface area contributed by atoms with Crippen LogP contribution >= 0.6 is 27.3 Å². The van der Waals surface area contributed by atoms with Gasteiger partial charge in [-0.3, -0.25) is 0 Å². The molecule has 0 fully saturated rings. The van der Waals surface area contributed by atoms with Crippen LogP contribution in [0.15, 0.2) is 44.4 Å². The van der Waals surface area contributed by atoms with E-state index in [1.165, 1.54) is 0 Å². The first-order valence-electron chi connectivity index (χ1n) is 8.93. The highest BCUT2D eigenvalue weighted by atomic mass is 79.9.